The van der Waals surface area contributed by atoms with Crippen LogP contribution in [0.3, 0.4) is 0 Å². The average Bonchev–Trinajstić information content (AvgIpc) is 2.41. The Morgan fingerprint density at radius 2 is 1.19 bits per heavy atom. The van der Waals surface area contributed by atoms with Crippen LogP contribution >= 0.6 is 0 Å². The number of allylic oxidation sites excluding steroid dienone is 6. The topological polar surface area (TPSA) is 0 Å². The van der Waals surface area contributed by atoms with E-state index in [-0.39, 0.29) is 0 Å². The molecular weight excluding hydrogens is 252 g/mol. The van der Waals surface area contributed by atoms with Crippen LogP contribution in [0.15, 0.2) is 72.4 Å². The zero-order chi connectivity index (χ0) is 16.8. The molecule has 0 aliphatic heterocycles. The highest BCUT2D eigenvalue weighted by Crippen LogP contribution is 2.04. The van der Waals surface area contributed by atoms with Crippen molar-refractivity contribution in [2.75, 3.05) is 0 Å². The highest BCUT2D eigenvalue weighted by Gasteiger charge is 1.83. The molecule has 0 atom stereocenters. The van der Waals surface area contributed by atoms with Gasteiger partial charge in [-0.2, -0.15) is 0 Å². The van der Waals surface area contributed by atoms with Crippen molar-refractivity contribution in [1.29, 1.82) is 0 Å². The van der Waals surface area contributed by atoms with E-state index in [0.717, 1.165) is 0 Å². The first kappa shape index (κ1) is 21.5. The maximum absolute atomic E-state index is 3.67. The van der Waals surface area contributed by atoms with Crippen LogP contribution in [-0.4, -0.2) is 0 Å². The number of hydrogen-bond acceptors (Lipinski definition) is 0. The van der Waals surface area contributed by atoms with E-state index in [1.165, 1.54) is 27.8 Å². The van der Waals surface area contributed by atoms with Gasteiger partial charge in [0, 0.05) is 0 Å². The molecule has 0 heteroatoms. The molecule has 0 aliphatic rings. The van der Waals surface area contributed by atoms with Crippen LogP contribution in [0.25, 0.3) is 0 Å². The predicted octanol–water partition coefficient (Wildman–Crippen LogP) is 6.97. The fourth-order valence-electron chi connectivity index (χ4n) is 1.18. The lowest BCUT2D eigenvalue weighted by Gasteiger charge is -1.93. The molecule has 0 fully saturated rings. The van der Waals surface area contributed by atoms with E-state index in [2.05, 4.69) is 71.2 Å². The Bertz CT molecular complexity index is 442. The first-order valence-electron chi connectivity index (χ1n) is 7.32. The zero-order valence-corrected chi connectivity index (χ0v) is 15.0. The summed E-state index contributed by atoms with van der Waals surface area (Å²) in [6.07, 6.45) is 5.98. The minimum atomic E-state index is 1.17. The van der Waals surface area contributed by atoms with Gasteiger partial charge in [0.15, 0.2) is 0 Å². The van der Waals surface area contributed by atoms with Crippen molar-refractivity contribution < 1.29 is 0 Å². The predicted molar refractivity (Wildman–Crippen MR) is 99.8 cm³/mol. The lowest BCUT2D eigenvalue weighted by Crippen LogP contribution is -1.73. The second-order valence-corrected chi connectivity index (χ2v) is 5.43. The molecule has 0 heterocycles. The van der Waals surface area contributed by atoms with Crippen LogP contribution in [0, 0.1) is 13.8 Å². The van der Waals surface area contributed by atoms with E-state index in [1.54, 1.807) is 0 Å². The Morgan fingerprint density at radius 3 is 1.43 bits per heavy atom. The van der Waals surface area contributed by atoms with Crippen LogP contribution < -0.4 is 0 Å². The number of rotatable bonds is 2. The molecule has 0 amide bonds. The lowest BCUT2D eigenvalue weighted by atomic mass is 10.1. The van der Waals surface area contributed by atoms with Crippen molar-refractivity contribution in [2.24, 2.45) is 0 Å². The van der Waals surface area contributed by atoms with E-state index < -0.39 is 0 Å². The molecule has 0 aliphatic carbocycles. The van der Waals surface area contributed by atoms with E-state index in [1.807, 2.05) is 32.9 Å². The molecule has 0 N–H and O–H groups in total. The summed E-state index contributed by atoms with van der Waals surface area (Å²) in [5.41, 5.74) is 6.35. The van der Waals surface area contributed by atoms with Crippen molar-refractivity contribution in [3.05, 3.63) is 83.5 Å². The molecule has 1 aromatic rings. The Hall–Kier alpha value is -1.82. The van der Waals surface area contributed by atoms with Gasteiger partial charge in [-0.25, -0.2) is 0 Å². The lowest BCUT2D eigenvalue weighted by molar-refractivity contribution is 1.37. The van der Waals surface area contributed by atoms with Crippen molar-refractivity contribution in [3.63, 3.8) is 0 Å². The van der Waals surface area contributed by atoms with Gasteiger partial charge >= 0.3 is 0 Å². The molecule has 0 radical (unpaired) electrons. The van der Waals surface area contributed by atoms with Crippen LogP contribution in [0.2, 0.25) is 0 Å². The van der Waals surface area contributed by atoms with Crippen molar-refractivity contribution in [2.45, 2.75) is 48.5 Å². The molecule has 21 heavy (non-hydrogen) atoms. The van der Waals surface area contributed by atoms with Crippen molar-refractivity contribution >= 4 is 0 Å². The first-order valence-corrected chi connectivity index (χ1v) is 7.32. The molecule has 0 spiro atoms. The van der Waals surface area contributed by atoms with E-state index >= 15 is 0 Å². The second kappa shape index (κ2) is 13.2. The van der Waals surface area contributed by atoms with Crippen molar-refractivity contribution in [3.8, 4) is 0 Å². The summed E-state index contributed by atoms with van der Waals surface area (Å²) in [7, 11) is 0. The Kier molecular flexibility index (Phi) is 13.5. The van der Waals surface area contributed by atoms with Gasteiger partial charge in [-0.3, -0.25) is 0 Å². The molecule has 1 rings (SSSR count). The summed E-state index contributed by atoms with van der Waals surface area (Å²) in [6.45, 7) is 21.5. The number of benzene rings is 1. The summed E-state index contributed by atoms with van der Waals surface area (Å²) < 4.78 is 0. The van der Waals surface area contributed by atoms with Gasteiger partial charge in [0.05, 0.1) is 0 Å². The van der Waals surface area contributed by atoms with Crippen LogP contribution in [-0.2, 0) is 0 Å². The minimum Gasteiger partial charge on any atom is -0.100 e. The normalized spacial score (nSPS) is 10.6. The molecule has 0 saturated carbocycles. The Morgan fingerprint density at radius 1 is 0.857 bits per heavy atom. The van der Waals surface area contributed by atoms with Crippen LogP contribution in [0.1, 0.15) is 45.7 Å². The van der Waals surface area contributed by atoms with Crippen molar-refractivity contribution in [1.82, 2.24) is 0 Å². The minimum absolute atomic E-state index is 1.17. The highest BCUT2D eigenvalue weighted by atomic mass is 13.9. The third-order valence-corrected chi connectivity index (χ3v) is 2.56. The maximum Gasteiger partial charge on any atom is -0.0395 e. The Labute approximate surface area is 132 Å². The molecule has 0 unspecified atom stereocenters. The maximum atomic E-state index is 3.67. The second-order valence-electron chi connectivity index (χ2n) is 5.43. The molecule has 0 saturated heterocycles. The van der Waals surface area contributed by atoms with Crippen LogP contribution in [0.4, 0.5) is 0 Å². The monoisotopic (exact) mass is 284 g/mol. The smallest absolute Gasteiger partial charge is 0.0395 e. The van der Waals surface area contributed by atoms with Gasteiger partial charge in [-0.1, -0.05) is 65.8 Å². The zero-order valence-electron chi connectivity index (χ0n) is 15.0. The fraction of sp³-hybridized carbons (Fsp3) is 0.333. The quantitative estimate of drug-likeness (QED) is 0.406. The average molecular weight is 284 g/mol. The van der Waals surface area contributed by atoms with Gasteiger partial charge in [0.2, 0.25) is 0 Å². The standard InChI is InChI=1S/C9H14.C8H10.C4H8/c1-5-7-9(4)8(3)6-2;1-7-3-5-8(2)6-4-7;1-4(2)3/h5-7H,2H2,1,3-4H3;3-6H,1-2H3;1H2,2-3H3/b7-5-,9-8-;;. The van der Waals surface area contributed by atoms with E-state index in [4.69, 9.17) is 0 Å². The molecule has 1 aromatic carbocycles. The molecule has 0 bridgehead atoms. The van der Waals surface area contributed by atoms with Gasteiger partial charge in [0.25, 0.3) is 0 Å². The summed E-state index contributed by atoms with van der Waals surface area (Å²) in [5.74, 6) is 0. The van der Waals surface area contributed by atoms with Gasteiger partial charge in [0.1, 0.15) is 0 Å². The SMILES string of the molecule is C=C(C)C.C=C/C(C)=C(C)\C=C/C.Cc1ccc(C)cc1. The van der Waals surface area contributed by atoms with E-state index in [9.17, 15) is 0 Å². The molecule has 0 aromatic heterocycles. The fourth-order valence-corrected chi connectivity index (χ4v) is 1.18. The first-order chi connectivity index (χ1) is 9.74. The summed E-state index contributed by atoms with van der Waals surface area (Å²) in [4.78, 5) is 0. The highest BCUT2D eigenvalue weighted by molar-refractivity contribution is 5.28. The van der Waals surface area contributed by atoms with Gasteiger partial charge in [-0.05, 0) is 59.6 Å². The largest absolute Gasteiger partial charge is 0.100 e. The molecular formula is C21H32. The number of hydrogen-bond donors (Lipinski definition) is 0. The van der Waals surface area contributed by atoms with Gasteiger partial charge in [-0.15, -0.1) is 6.58 Å². The third-order valence-electron chi connectivity index (χ3n) is 2.56. The summed E-state index contributed by atoms with van der Waals surface area (Å²) in [5, 5.41) is 0. The van der Waals surface area contributed by atoms with Gasteiger partial charge < -0.3 is 0 Å². The van der Waals surface area contributed by atoms with Crippen LogP contribution in [0.5, 0.6) is 0 Å². The van der Waals surface area contributed by atoms with E-state index in [0.29, 0.717) is 0 Å². The third kappa shape index (κ3) is 16.1. The Balaban J connectivity index is 0. The number of aryl methyl sites for hydroxylation is 2. The molecule has 0 nitrogen and oxygen atoms in total. The molecule has 116 valence electrons. The summed E-state index contributed by atoms with van der Waals surface area (Å²) >= 11 is 0. The summed E-state index contributed by atoms with van der Waals surface area (Å²) in [6, 6.07) is 8.48.